The first kappa shape index (κ1) is 12.1. The van der Waals surface area contributed by atoms with Crippen LogP contribution in [0.3, 0.4) is 0 Å². The third kappa shape index (κ3) is 2.86. The Kier molecular flexibility index (Phi) is 3.79. The van der Waals surface area contributed by atoms with Gasteiger partial charge >= 0.3 is 5.97 Å². The molecule has 2 nitrogen and oxygen atoms in total. The maximum Gasteiger partial charge on any atom is 0.302 e. The highest BCUT2D eigenvalue weighted by atomic mass is 79.9. The van der Waals surface area contributed by atoms with Crippen molar-refractivity contribution >= 4 is 32.7 Å². The van der Waals surface area contributed by atoms with E-state index in [1.807, 2.05) is 12.1 Å². The molecule has 0 spiro atoms. The molecule has 0 atom stereocenters. The maximum absolute atomic E-state index is 10.7. The first-order chi connectivity index (χ1) is 8.18. The van der Waals surface area contributed by atoms with Crippen molar-refractivity contribution in [3.63, 3.8) is 0 Å². The summed E-state index contributed by atoms with van der Waals surface area (Å²) in [7, 11) is 0. The van der Waals surface area contributed by atoms with Gasteiger partial charge in [0, 0.05) is 17.8 Å². The van der Waals surface area contributed by atoms with Gasteiger partial charge in [-0.15, -0.1) is 0 Å². The highest BCUT2D eigenvalue weighted by Gasteiger charge is 2.05. The molecule has 0 fully saturated rings. The Balaban J connectivity index is 2.23. The number of esters is 1. The minimum atomic E-state index is -0.234. The largest absolute Gasteiger partial charge is 0.466 e. The zero-order chi connectivity index (χ0) is 12.3. The number of carbonyl (C=O) groups excluding carboxylic acids is 1. The topological polar surface area (TPSA) is 26.3 Å². The van der Waals surface area contributed by atoms with Crippen LogP contribution in [-0.2, 0) is 16.0 Å². The average Bonchev–Trinajstić information content (AvgIpc) is 2.32. The summed E-state index contributed by atoms with van der Waals surface area (Å²) in [6.45, 7) is 1.85. The molecule has 0 saturated heterocycles. The molecule has 0 bridgehead atoms. The van der Waals surface area contributed by atoms with Crippen LogP contribution in [0.1, 0.15) is 12.5 Å². The number of hydrogen-bond donors (Lipinski definition) is 0. The van der Waals surface area contributed by atoms with Gasteiger partial charge in [0.1, 0.15) is 0 Å². The minimum Gasteiger partial charge on any atom is -0.466 e. The summed E-state index contributed by atoms with van der Waals surface area (Å²) in [4.78, 5) is 10.7. The van der Waals surface area contributed by atoms with Crippen LogP contribution >= 0.6 is 15.9 Å². The molecule has 2 aromatic carbocycles. The fourth-order valence-electron chi connectivity index (χ4n) is 1.78. The summed E-state index contributed by atoms with van der Waals surface area (Å²) >= 11 is 3.61. The first-order valence-electron chi connectivity index (χ1n) is 5.48. The van der Waals surface area contributed by atoms with E-state index >= 15 is 0 Å². The molecule has 0 N–H and O–H groups in total. The van der Waals surface area contributed by atoms with Crippen molar-refractivity contribution in [2.75, 3.05) is 6.61 Å². The van der Waals surface area contributed by atoms with E-state index in [1.54, 1.807) is 0 Å². The van der Waals surface area contributed by atoms with E-state index in [9.17, 15) is 4.79 Å². The quantitative estimate of drug-likeness (QED) is 0.806. The lowest BCUT2D eigenvalue weighted by molar-refractivity contribution is -0.140. The number of halogens is 1. The molecule has 0 amide bonds. The third-order valence-electron chi connectivity index (χ3n) is 2.62. The molecule has 0 heterocycles. The highest BCUT2D eigenvalue weighted by Crippen LogP contribution is 2.27. The smallest absolute Gasteiger partial charge is 0.302 e. The van der Waals surface area contributed by atoms with Crippen LogP contribution < -0.4 is 0 Å². The lowest BCUT2D eigenvalue weighted by Crippen LogP contribution is -2.03. The Morgan fingerprint density at radius 1 is 1.24 bits per heavy atom. The maximum atomic E-state index is 10.7. The second kappa shape index (κ2) is 5.32. The summed E-state index contributed by atoms with van der Waals surface area (Å²) in [6.07, 6.45) is 0.727. The van der Waals surface area contributed by atoms with Gasteiger partial charge in [-0.05, 0) is 32.3 Å². The molecule has 0 aliphatic rings. The Labute approximate surface area is 109 Å². The molecule has 0 aromatic heterocycles. The first-order valence-corrected chi connectivity index (χ1v) is 6.27. The molecule has 88 valence electrons. The van der Waals surface area contributed by atoms with Gasteiger partial charge in [0.25, 0.3) is 0 Å². The number of hydrogen-bond acceptors (Lipinski definition) is 2. The number of benzene rings is 2. The molecule has 2 aromatic rings. The normalized spacial score (nSPS) is 10.5. The van der Waals surface area contributed by atoms with Crippen molar-refractivity contribution in [1.29, 1.82) is 0 Å². The van der Waals surface area contributed by atoms with E-state index in [0.717, 1.165) is 16.5 Å². The Morgan fingerprint density at radius 2 is 2.00 bits per heavy atom. The number of fused-ring (bicyclic) bond motifs is 1. The summed E-state index contributed by atoms with van der Waals surface area (Å²) < 4.78 is 6.04. The molecule has 0 aliphatic carbocycles. The fraction of sp³-hybridized carbons (Fsp3) is 0.214. The molecule has 0 unspecified atom stereocenters. The van der Waals surface area contributed by atoms with Crippen LogP contribution in [0.15, 0.2) is 40.9 Å². The predicted molar refractivity (Wildman–Crippen MR) is 72.0 cm³/mol. The van der Waals surface area contributed by atoms with Gasteiger partial charge in [-0.1, -0.05) is 36.4 Å². The third-order valence-corrected chi connectivity index (χ3v) is 3.56. The zero-order valence-electron chi connectivity index (χ0n) is 9.57. The van der Waals surface area contributed by atoms with Gasteiger partial charge in [-0.25, -0.2) is 0 Å². The lowest BCUT2D eigenvalue weighted by atomic mass is 10.1. The van der Waals surface area contributed by atoms with Gasteiger partial charge in [-0.2, -0.15) is 0 Å². The summed E-state index contributed by atoms with van der Waals surface area (Å²) in [5, 5.41) is 2.39. The van der Waals surface area contributed by atoms with Crippen LogP contribution in [0, 0.1) is 0 Å². The monoisotopic (exact) mass is 292 g/mol. The Bertz CT molecular complexity index is 549. The molecule has 0 aliphatic heterocycles. The van der Waals surface area contributed by atoms with Gasteiger partial charge < -0.3 is 4.74 Å². The van der Waals surface area contributed by atoms with Crippen molar-refractivity contribution in [3.8, 4) is 0 Å². The summed E-state index contributed by atoms with van der Waals surface area (Å²) in [6, 6.07) is 12.3. The van der Waals surface area contributed by atoms with Crippen LogP contribution in [0.4, 0.5) is 0 Å². The molecule has 2 rings (SSSR count). The molecule has 0 saturated carbocycles. The second-order valence-electron chi connectivity index (χ2n) is 3.85. The lowest BCUT2D eigenvalue weighted by Gasteiger charge is -2.08. The van der Waals surface area contributed by atoms with E-state index < -0.39 is 0 Å². The zero-order valence-corrected chi connectivity index (χ0v) is 11.2. The Morgan fingerprint density at radius 3 is 2.76 bits per heavy atom. The number of rotatable bonds is 3. The van der Waals surface area contributed by atoms with Gasteiger partial charge in [-0.3, -0.25) is 4.79 Å². The van der Waals surface area contributed by atoms with E-state index in [0.29, 0.717) is 6.61 Å². The SMILES string of the molecule is CC(=O)OCCc1ccc2ccccc2c1Br. The van der Waals surface area contributed by atoms with Gasteiger partial charge in [0.15, 0.2) is 0 Å². The second-order valence-corrected chi connectivity index (χ2v) is 4.64. The molecular weight excluding hydrogens is 280 g/mol. The van der Waals surface area contributed by atoms with Crippen LogP contribution in [0.2, 0.25) is 0 Å². The van der Waals surface area contributed by atoms with Crippen molar-refractivity contribution in [1.82, 2.24) is 0 Å². The molecular formula is C14H13BrO2. The molecule has 3 heteroatoms. The Hall–Kier alpha value is -1.35. The van der Waals surface area contributed by atoms with Gasteiger partial charge in [0.2, 0.25) is 0 Å². The number of ether oxygens (including phenoxy) is 1. The van der Waals surface area contributed by atoms with E-state index in [1.165, 1.54) is 17.7 Å². The van der Waals surface area contributed by atoms with Crippen LogP contribution in [0.25, 0.3) is 10.8 Å². The van der Waals surface area contributed by atoms with E-state index in [-0.39, 0.29) is 5.97 Å². The molecule has 17 heavy (non-hydrogen) atoms. The van der Waals surface area contributed by atoms with Crippen molar-refractivity contribution in [3.05, 3.63) is 46.4 Å². The fourth-order valence-corrected chi connectivity index (χ4v) is 2.47. The van der Waals surface area contributed by atoms with Crippen molar-refractivity contribution in [2.45, 2.75) is 13.3 Å². The predicted octanol–water partition coefficient (Wildman–Crippen LogP) is 3.71. The van der Waals surface area contributed by atoms with Crippen molar-refractivity contribution in [2.24, 2.45) is 0 Å². The average molecular weight is 293 g/mol. The van der Waals surface area contributed by atoms with E-state index in [4.69, 9.17) is 4.74 Å². The number of carbonyl (C=O) groups is 1. The minimum absolute atomic E-state index is 0.234. The highest BCUT2D eigenvalue weighted by molar-refractivity contribution is 9.10. The van der Waals surface area contributed by atoms with Gasteiger partial charge in [0.05, 0.1) is 6.61 Å². The summed E-state index contributed by atoms with van der Waals surface area (Å²) in [5.41, 5.74) is 1.16. The van der Waals surface area contributed by atoms with E-state index in [2.05, 4.69) is 40.2 Å². The van der Waals surface area contributed by atoms with Crippen LogP contribution in [0.5, 0.6) is 0 Å². The summed E-state index contributed by atoms with van der Waals surface area (Å²) in [5.74, 6) is -0.234. The van der Waals surface area contributed by atoms with Crippen molar-refractivity contribution < 1.29 is 9.53 Å². The standard InChI is InChI=1S/C14H13BrO2/c1-10(16)17-9-8-12-7-6-11-4-2-3-5-13(11)14(12)15/h2-7H,8-9H2,1H3. The molecule has 0 radical (unpaired) electrons. The van der Waals surface area contributed by atoms with Crippen LogP contribution in [-0.4, -0.2) is 12.6 Å².